The van der Waals surface area contributed by atoms with Gasteiger partial charge in [0.1, 0.15) is 6.07 Å². The van der Waals surface area contributed by atoms with Gasteiger partial charge in [-0.3, -0.25) is 0 Å². The van der Waals surface area contributed by atoms with E-state index in [9.17, 15) is 0 Å². The van der Waals surface area contributed by atoms with Gasteiger partial charge < -0.3 is 10.1 Å². The third-order valence-corrected chi connectivity index (χ3v) is 3.79. The summed E-state index contributed by atoms with van der Waals surface area (Å²) in [6, 6.07) is 6.17. The molecule has 2 unspecified atom stereocenters. The van der Waals surface area contributed by atoms with Crippen LogP contribution in [0.25, 0.3) is 0 Å². The van der Waals surface area contributed by atoms with Gasteiger partial charge in [0.25, 0.3) is 0 Å². The lowest BCUT2D eigenvalue weighted by Gasteiger charge is -2.52. The standard InChI is InChI=1S/C14H19N3O/c1-4-18-13-8-12(14(13,2)3)17-10-6-5-7-16-11(10)9-15/h5-7,12-13,17H,4,8H2,1-3H3. The third kappa shape index (κ3) is 2.19. The number of ether oxygens (including phenoxy) is 1. The zero-order valence-electron chi connectivity index (χ0n) is 11.1. The summed E-state index contributed by atoms with van der Waals surface area (Å²) < 4.78 is 5.70. The summed E-state index contributed by atoms with van der Waals surface area (Å²) in [7, 11) is 0. The number of rotatable bonds is 4. The van der Waals surface area contributed by atoms with E-state index in [2.05, 4.69) is 30.2 Å². The Hall–Kier alpha value is -1.60. The number of anilines is 1. The van der Waals surface area contributed by atoms with Crippen molar-refractivity contribution in [2.75, 3.05) is 11.9 Å². The largest absolute Gasteiger partial charge is 0.379 e. The molecule has 1 saturated carbocycles. The zero-order chi connectivity index (χ0) is 13.2. The molecule has 1 N–H and O–H groups in total. The highest BCUT2D eigenvalue weighted by Gasteiger charge is 2.49. The van der Waals surface area contributed by atoms with Crippen molar-refractivity contribution in [3.63, 3.8) is 0 Å². The first-order valence-corrected chi connectivity index (χ1v) is 6.32. The van der Waals surface area contributed by atoms with Gasteiger partial charge in [-0.15, -0.1) is 0 Å². The lowest BCUT2D eigenvalue weighted by atomic mass is 9.64. The van der Waals surface area contributed by atoms with Crippen LogP contribution in [0.3, 0.4) is 0 Å². The fraction of sp³-hybridized carbons (Fsp3) is 0.571. The fourth-order valence-corrected chi connectivity index (χ4v) is 2.41. The average molecular weight is 245 g/mol. The molecule has 1 heterocycles. The molecule has 1 aromatic rings. The predicted molar refractivity (Wildman–Crippen MR) is 70.2 cm³/mol. The highest BCUT2D eigenvalue weighted by molar-refractivity contribution is 5.54. The second kappa shape index (κ2) is 4.95. The molecule has 0 saturated heterocycles. The van der Waals surface area contributed by atoms with Crippen molar-refractivity contribution < 1.29 is 4.74 Å². The number of hydrogen-bond acceptors (Lipinski definition) is 4. The Bertz CT molecular complexity index is 464. The van der Waals surface area contributed by atoms with Crippen LogP contribution < -0.4 is 5.32 Å². The minimum atomic E-state index is 0.0819. The summed E-state index contributed by atoms with van der Waals surface area (Å²) in [5, 5.41) is 12.4. The summed E-state index contributed by atoms with van der Waals surface area (Å²) in [5.41, 5.74) is 1.35. The van der Waals surface area contributed by atoms with Gasteiger partial charge in [-0.25, -0.2) is 4.98 Å². The third-order valence-electron chi connectivity index (χ3n) is 3.79. The van der Waals surface area contributed by atoms with Crippen LogP contribution in [0.2, 0.25) is 0 Å². The Kier molecular flexibility index (Phi) is 3.53. The van der Waals surface area contributed by atoms with E-state index in [1.165, 1.54) is 0 Å². The highest BCUT2D eigenvalue weighted by atomic mass is 16.5. The van der Waals surface area contributed by atoms with Crippen molar-refractivity contribution in [1.29, 1.82) is 5.26 Å². The SMILES string of the molecule is CCOC1CC(Nc2cccnc2C#N)C1(C)C. The van der Waals surface area contributed by atoms with Crippen LogP contribution in [0, 0.1) is 16.7 Å². The van der Waals surface area contributed by atoms with Crippen LogP contribution in [0.5, 0.6) is 0 Å². The number of hydrogen-bond donors (Lipinski definition) is 1. The van der Waals surface area contributed by atoms with Gasteiger partial charge >= 0.3 is 0 Å². The molecule has 1 fully saturated rings. The maximum Gasteiger partial charge on any atom is 0.163 e. The number of nitrogens with zero attached hydrogens (tertiary/aromatic N) is 2. The van der Waals surface area contributed by atoms with Gasteiger partial charge in [0.15, 0.2) is 5.69 Å². The van der Waals surface area contributed by atoms with Crippen molar-refractivity contribution in [1.82, 2.24) is 4.98 Å². The second-order valence-electron chi connectivity index (χ2n) is 5.21. The molecule has 0 aromatic carbocycles. The monoisotopic (exact) mass is 245 g/mol. The lowest BCUT2D eigenvalue weighted by Crippen LogP contribution is -2.58. The molecule has 2 rings (SSSR count). The Balaban J connectivity index is 2.06. The van der Waals surface area contributed by atoms with Gasteiger partial charge in [-0.2, -0.15) is 5.26 Å². The van der Waals surface area contributed by atoms with Crippen LogP contribution in [0.1, 0.15) is 32.9 Å². The van der Waals surface area contributed by atoms with Gasteiger partial charge in [0, 0.05) is 24.3 Å². The molecule has 0 aliphatic heterocycles. The fourth-order valence-electron chi connectivity index (χ4n) is 2.41. The van der Waals surface area contributed by atoms with Crippen molar-refractivity contribution in [3.05, 3.63) is 24.0 Å². The average Bonchev–Trinajstić information content (AvgIpc) is 2.38. The van der Waals surface area contributed by atoms with E-state index in [0.717, 1.165) is 18.7 Å². The quantitative estimate of drug-likeness (QED) is 0.885. The molecule has 2 atom stereocenters. The highest BCUT2D eigenvalue weighted by Crippen LogP contribution is 2.44. The first-order chi connectivity index (χ1) is 8.59. The Morgan fingerprint density at radius 3 is 3.00 bits per heavy atom. The molecule has 4 heteroatoms. The van der Waals surface area contributed by atoms with Gasteiger partial charge in [-0.1, -0.05) is 13.8 Å². The smallest absolute Gasteiger partial charge is 0.163 e. The van der Waals surface area contributed by atoms with Crippen molar-refractivity contribution in [2.24, 2.45) is 5.41 Å². The zero-order valence-corrected chi connectivity index (χ0v) is 11.1. The molecule has 0 bridgehead atoms. The molecule has 0 radical (unpaired) electrons. The van der Waals surface area contributed by atoms with E-state index in [1.54, 1.807) is 6.20 Å². The maximum absolute atomic E-state index is 9.01. The summed E-state index contributed by atoms with van der Waals surface area (Å²) in [4.78, 5) is 4.06. The first kappa shape index (κ1) is 12.8. The molecule has 96 valence electrons. The first-order valence-electron chi connectivity index (χ1n) is 6.32. The van der Waals surface area contributed by atoms with E-state index < -0.39 is 0 Å². The molecule has 0 amide bonds. The topological polar surface area (TPSA) is 57.9 Å². The molecule has 1 aliphatic rings. The van der Waals surface area contributed by atoms with Gasteiger partial charge in [0.2, 0.25) is 0 Å². The van der Waals surface area contributed by atoms with Crippen molar-refractivity contribution in [3.8, 4) is 6.07 Å². The lowest BCUT2D eigenvalue weighted by molar-refractivity contribution is -0.0976. The number of aromatic nitrogens is 1. The van der Waals surface area contributed by atoms with Crippen LogP contribution in [-0.4, -0.2) is 23.7 Å². The molecule has 18 heavy (non-hydrogen) atoms. The molecular weight excluding hydrogens is 226 g/mol. The molecular formula is C14H19N3O. The van der Waals surface area contributed by atoms with E-state index >= 15 is 0 Å². The van der Waals surface area contributed by atoms with E-state index in [4.69, 9.17) is 10.00 Å². The number of pyridine rings is 1. The Morgan fingerprint density at radius 2 is 2.39 bits per heavy atom. The molecule has 1 aliphatic carbocycles. The number of nitriles is 1. The predicted octanol–water partition coefficient (Wildman–Crippen LogP) is 2.57. The van der Waals surface area contributed by atoms with Gasteiger partial charge in [0.05, 0.1) is 11.8 Å². The van der Waals surface area contributed by atoms with E-state index in [0.29, 0.717) is 17.8 Å². The second-order valence-corrected chi connectivity index (χ2v) is 5.21. The summed E-state index contributed by atoms with van der Waals surface area (Å²) in [6.07, 6.45) is 2.90. The summed E-state index contributed by atoms with van der Waals surface area (Å²) in [6.45, 7) is 7.15. The van der Waals surface area contributed by atoms with E-state index in [-0.39, 0.29) is 5.41 Å². The van der Waals surface area contributed by atoms with Gasteiger partial charge in [-0.05, 0) is 25.5 Å². The summed E-state index contributed by atoms with van der Waals surface area (Å²) in [5.74, 6) is 0. The maximum atomic E-state index is 9.01. The van der Waals surface area contributed by atoms with Crippen LogP contribution in [-0.2, 0) is 4.74 Å². The van der Waals surface area contributed by atoms with Crippen LogP contribution in [0.4, 0.5) is 5.69 Å². The van der Waals surface area contributed by atoms with Crippen molar-refractivity contribution in [2.45, 2.75) is 39.3 Å². The summed E-state index contributed by atoms with van der Waals surface area (Å²) >= 11 is 0. The normalized spacial score (nSPS) is 25.0. The minimum absolute atomic E-state index is 0.0819. The number of nitrogens with one attached hydrogen (secondary N) is 1. The molecule has 1 aromatic heterocycles. The van der Waals surface area contributed by atoms with E-state index in [1.807, 2.05) is 19.1 Å². The Labute approximate surface area is 108 Å². The minimum Gasteiger partial charge on any atom is -0.379 e. The van der Waals surface area contributed by atoms with Crippen LogP contribution in [0.15, 0.2) is 18.3 Å². The Morgan fingerprint density at radius 1 is 1.61 bits per heavy atom. The van der Waals surface area contributed by atoms with Crippen LogP contribution >= 0.6 is 0 Å². The molecule has 0 spiro atoms. The molecule has 4 nitrogen and oxygen atoms in total. The van der Waals surface area contributed by atoms with Crippen molar-refractivity contribution >= 4 is 5.69 Å².